The Balaban J connectivity index is 0.000000304. The van der Waals surface area contributed by atoms with E-state index in [4.69, 9.17) is 39.8 Å². The quantitative estimate of drug-likeness (QED) is 0.0295. The first-order chi connectivity index (χ1) is 59.7. The topological polar surface area (TPSA) is 117 Å². The lowest BCUT2D eigenvalue weighted by atomic mass is 9.98. The van der Waals surface area contributed by atoms with Crippen LogP contribution in [-0.2, 0) is 78.5 Å². The van der Waals surface area contributed by atoms with Gasteiger partial charge in [-0.3, -0.25) is 19.2 Å². The standard InChI is InChI=1S/2C37H40F4N4O2S/c1-4-43(5-2)21-22-44(25(3)27-11-13-28(14-12-27)29-15-17-30(18-16-29)37(39,40)41)34(46)23-45-33-8-6-7-32(33)35(47)42-36(45)48-24-26-9-19-31(38)20-10-26;1-4-43(5-2)19-20-44(22-26-9-13-28(14-10-26)29-15-18-32(25(3)21-29)37(39,40)41)34(46)23-45-33-8-6-7-31(33)35(47)42-36(45)48-24-27-11-16-30(38)17-12-27/h9-20,25H,4-8,21-24H2,1-3H3;9-18,21H,4-8,19-20,22-24H2,1-3H3/i4D2,5D2,21D2,22D2,24D2,25D;6D2,7D2,8D2,9D,10D,11D,12D,13D,14D,15D,16D,17D,18D,19D2,20D2,21D,22D2,24D2. The summed E-state index contributed by atoms with van der Waals surface area (Å²) in [5.74, 6) is -5.89. The highest BCUT2D eigenvalue weighted by Gasteiger charge is 2.34. The fourth-order valence-corrected chi connectivity index (χ4v) is 10.6. The molecule has 2 amide bonds. The van der Waals surface area contributed by atoms with Gasteiger partial charge in [-0.1, -0.05) is 148 Å². The van der Waals surface area contributed by atoms with Gasteiger partial charge in [-0.15, -0.1) is 0 Å². The van der Waals surface area contributed by atoms with Crippen LogP contribution in [0.4, 0.5) is 35.1 Å². The maximum atomic E-state index is 15.2. The van der Waals surface area contributed by atoms with Gasteiger partial charge >= 0.3 is 12.4 Å². The number of aromatic nitrogens is 4. The summed E-state index contributed by atoms with van der Waals surface area (Å²) < 4.78 is 425. The second-order valence-electron chi connectivity index (χ2n) is 20.3. The van der Waals surface area contributed by atoms with E-state index in [2.05, 4.69) is 9.97 Å². The SMILES string of the molecule is [2H]C([2H])(Sc1nc(=O)c2c(n1CC(=O)N(C([2H])(C)c1ccc(-c3ccc(C(F)(F)F)cc3)cc1)C([2H])([2H])C([2H])([2H])N(C([2H])([2H])C)C([2H])([2H])C)CCC2)c1ccc(F)cc1.[2H]c1c([2H])c(C([2H])([2H])Sc2nc(=O)c3c(n2CC(=O)N(C([2H])([2H])c2c([2H])c([2H])c(-c4c([2H])c([2H])c(C(F)(F)F)c(C)c4[2H])c([2H])c2[2H])C([2H])([2H])C([2H])([2H])N(CC)CC)C([2H])([2H])C([2H])([2H])C3([2H])[2H])c([2H])c([2H])c1F. The molecule has 1 atom stereocenters. The van der Waals surface area contributed by atoms with E-state index >= 15 is 4.79 Å². The number of hydrogen-bond acceptors (Lipinski definition) is 10. The van der Waals surface area contributed by atoms with Gasteiger partial charge in [0.05, 0.1) is 41.8 Å². The van der Waals surface area contributed by atoms with Crippen molar-refractivity contribution >= 4 is 35.3 Å². The van der Waals surface area contributed by atoms with Crippen LogP contribution in [0.1, 0.15) is 164 Å². The molecule has 12 nitrogen and oxygen atoms in total. The van der Waals surface area contributed by atoms with Crippen molar-refractivity contribution in [2.24, 2.45) is 0 Å². The zero-order valence-corrected chi connectivity index (χ0v) is 53.1. The number of alkyl halides is 6. The van der Waals surface area contributed by atoms with Crippen molar-refractivity contribution in [3.05, 3.63) is 233 Å². The van der Waals surface area contributed by atoms with Crippen molar-refractivity contribution in [1.82, 2.24) is 38.7 Å². The molecule has 508 valence electrons. The van der Waals surface area contributed by atoms with E-state index in [1.165, 1.54) is 66.9 Å². The van der Waals surface area contributed by atoms with Crippen LogP contribution in [0.15, 0.2) is 159 Å². The Hall–Kier alpha value is -7.92. The number of carbonyl (C=O) groups is 2. The molecule has 2 aliphatic rings. The molecule has 1 unspecified atom stereocenters. The van der Waals surface area contributed by atoms with Gasteiger partial charge in [0.2, 0.25) is 11.8 Å². The average molecular weight is 1400 g/mol. The van der Waals surface area contributed by atoms with Crippen molar-refractivity contribution in [3.63, 3.8) is 0 Å². The van der Waals surface area contributed by atoms with Crippen LogP contribution in [0.5, 0.6) is 0 Å². The molecule has 2 aromatic heterocycles. The Kier molecular flexibility index (Phi) is 13.1. The number of rotatable bonds is 26. The molecule has 0 saturated heterocycles. The first-order valence-electron chi connectivity index (χ1n) is 46.7. The van der Waals surface area contributed by atoms with Gasteiger partial charge in [0.1, 0.15) is 24.7 Å². The lowest BCUT2D eigenvalue weighted by Crippen LogP contribution is -2.42. The molecule has 2 aliphatic carbocycles. The number of halogens is 8. The fourth-order valence-electron chi connectivity index (χ4n) is 9.17. The maximum absolute atomic E-state index is 15.2. The highest BCUT2D eigenvalue weighted by molar-refractivity contribution is 7.98. The van der Waals surface area contributed by atoms with E-state index in [0.29, 0.717) is 41.1 Å². The molecular formula is C74H80F8N8O4S2. The van der Waals surface area contributed by atoms with Crippen LogP contribution in [0.25, 0.3) is 22.3 Å². The van der Waals surface area contributed by atoms with Gasteiger partial charge in [0, 0.05) is 91.1 Å². The zero-order valence-electron chi connectivity index (χ0n) is 87.4. The van der Waals surface area contributed by atoms with Crippen LogP contribution in [0.3, 0.4) is 0 Å². The third-order valence-corrected chi connectivity index (χ3v) is 15.7. The second-order valence-corrected chi connectivity index (χ2v) is 21.8. The summed E-state index contributed by atoms with van der Waals surface area (Å²) in [4.78, 5) is 64.9. The predicted octanol–water partition coefficient (Wildman–Crippen LogP) is 15.3. The molecule has 10 rings (SSSR count). The summed E-state index contributed by atoms with van der Waals surface area (Å²) in [7, 11) is 0. The highest BCUT2D eigenvalue weighted by atomic mass is 32.2. The van der Waals surface area contributed by atoms with E-state index in [-0.39, 0.29) is 54.7 Å². The van der Waals surface area contributed by atoms with E-state index < -0.39 is 294 Å². The predicted molar refractivity (Wildman–Crippen MR) is 363 cm³/mol. The smallest absolute Gasteiger partial charge is 0.336 e. The molecule has 0 fully saturated rings. The average Bonchev–Trinajstić information content (AvgIpc) is 1.50. The lowest BCUT2D eigenvalue weighted by molar-refractivity contribution is -0.138. The molecule has 0 radical (unpaired) electrons. The Bertz CT molecular complexity index is 5900. The molecule has 8 aromatic rings. The number of amides is 2. The minimum atomic E-state index is -5.31. The van der Waals surface area contributed by atoms with Crippen molar-refractivity contribution in [2.45, 2.75) is 140 Å². The van der Waals surface area contributed by atoms with Gasteiger partial charge < -0.3 is 28.7 Å². The largest absolute Gasteiger partial charge is 0.416 e. The molecule has 0 bridgehead atoms. The number of thioether (sulfide) groups is 2. The normalized spacial score (nSPS) is 21.9. The van der Waals surface area contributed by atoms with E-state index in [1.54, 1.807) is 0 Å². The number of benzene rings is 6. The summed E-state index contributed by atoms with van der Waals surface area (Å²) in [5, 5.41) is -1.68. The molecule has 96 heavy (non-hydrogen) atoms. The molecular weight excluding hydrogens is 1280 g/mol. The van der Waals surface area contributed by atoms with Gasteiger partial charge in [0.25, 0.3) is 11.1 Å². The second kappa shape index (κ2) is 32.9. The number of fused-ring (bicyclic) bond motifs is 2. The van der Waals surface area contributed by atoms with Crippen LogP contribution >= 0.6 is 23.5 Å². The molecule has 22 heteroatoms. The van der Waals surface area contributed by atoms with E-state index in [9.17, 15) is 59.1 Å². The van der Waals surface area contributed by atoms with Gasteiger partial charge in [-0.05, 0) is 171 Å². The van der Waals surface area contributed by atoms with Gasteiger partial charge in [0.15, 0.2) is 10.3 Å². The van der Waals surface area contributed by atoms with Gasteiger partial charge in [-0.2, -0.15) is 36.3 Å². The van der Waals surface area contributed by atoms with Crippen LogP contribution < -0.4 is 11.1 Å². The molecule has 0 N–H and O–H groups in total. The molecule has 2 heterocycles. The van der Waals surface area contributed by atoms with Crippen molar-refractivity contribution in [2.75, 3.05) is 52.1 Å². The Morgan fingerprint density at radius 3 is 1.78 bits per heavy atom. The summed E-state index contributed by atoms with van der Waals surface area (Å²) in [5.41, 5.74) is -19.1. The van der Waals surface area contributed by atoms with Crippen molar-refractivity contribution in [3.8, 4) is 22.3 Å². The first-order valence-corrected chi connectivity index (χ1v) is 30.4. The minimum Gasteiger partial charge on any atom is -0.336 e. The third-order valence-electron chi connectivity index (χ3n) is 14.1. The van der Waals surface area contributed by atoms with E-state index in [0.717, 1.165) is 45.0 Å². The number of carbonyl (C=O) groups excluding carboxylic acids is 2. The molecule has 0 aliphatic heterocycles. The highest BCUT2D eigenvalue weighted by Crippen LogP contribution is 2.36. The van der Waals surface area contributed by atoms with Gasteiger partial charge in [-0.25, -0.2) is 8.78 Å². The monoisotopic (exact) mass is 1400 g/mol. The molecule has 6 aromatic carbocycles. The van der Waals surface area contributed by atoms with E-state index in [1.807, 2.05) is 0 Å². The summed E-state index contributed by atoms with van der Waals surface area (Å²) in [6, 6.07) is -4.45. The number of nitrogens with zero attached hydrogens (tertiary/aromatic N) is 8. The lowest BCUT2D eigenvalue weighted by Gasteiger charge is -2.33. The summed E-state index contributed by atoms with van der Waals surface area (Å²) in [6.07, 6.45) is -20.4. The van der Waals surface area contributed by atoms with Crippen molar-refractivity contribution in [1.29, 1.82) is 0 Å². The molecule has 0 spiro atoms. The fraction of sp³-hybridized carbons (Fsp3) is 0.378. The van der Waals surface area contributed by atoms with Crippen LogP contribution in [0.2, 0.25) is 0 Å². The Morgan fingerprint density at radius 2 is 1.18 bits per heavy atom. The third kappa shape index (κ3) is 18.6. The molecule has 0 saturated carbocycles. The summed E-state index contributed by atoms with van der Waals surface area (Å²) >= 11 is -0.0531. The zero-order chi connectivity index (χ0) is 101. The van der Waals surface area contributed by atoms with Crippen molar-refractivity contribution < 1.29 is 94.1 Å². The Morgan fingerprint density at radius 1 is 0.615 bits per heavy atom. The first kappa shape index (κ1) is 38.3. The number of likely N-dealkylation sites (N-methyl/N-ethyl adjacent to an activating group) is 2. The minimum absolute atomic E-state index is 0.0241. The van der Waals surface area contributed by atoms with Crippen LogP contribution in [0, 0.1) is 18.6 Å². The number of hydrogen-bond donors (Lipinski definition) is 0. The maximum Gasteiger partial charge on any atom is 0.416 e. The Labute approximate surface area is 614 Å². The van der Waals surface area contributed by atoms with Crippen LogP contribution in [-0.4, -0.2) is 103 Å². The summed E-state index contributed by atoms with van der Waals surface area (Å²) in [6.45, 7) is -23.1.